The van der Waals surface area contributed by atoms with Gasteiger partial charge in [-0.05, 0) is 36.1 Å². The molecule has 0 unspecified atom stereocenters. The van der Waals surface area contributed by atoms with Crippen LogP contribution in [0.1, 0.15) is 24.0 Å². The maximum absolute atomic E-state index is 8.50. The van der Waals surface area contributed by atoms with E-state index in [2.05, 4.69) is 30.3 Å². The van der Waals surface area contributed by atoms with Crippen molar-refractivity contribution in [3.8, 4) is 11.8 Å². The van der Waals surface area contributed by atoms with Crippen LogP contribution in [0.3, 0.4) is 0 Å². The van der Waals surface area contributed by atoms with Crippen LogP contribution in [0.5, 0.6) is 5.75 Å². The van der Waals surface area contributed by atoms with Crippen molar-refractivity contribution in [2.45, 2.75) is 25.9 Å². The summed E-state index contributed by atoms with van der Waals surface area (Å²) < 4.78 is 5.69. The van der Waals surface area contributed by atoms with Crippen molar-refractivity contribution in [3.63, 3.8) is 0 Å². The van der Waals surface area contributed by atoms with E-state index in [0.29, 0.717) is 13.0 Å². The predicted molar refractivity (Wildman–Crippen MR) is 75.8 cm³/mol. The SMILES string of the molecule is N#CCCCc1ccc(COc2ccccc2)cc1. The van der Waals surface area contributed by atoms with Gasteiger partial charge in [-0.1, -0.05) is 42.5 Å². The third kappa shape index (κ3) is 4.48. The number of nitrogens with zero attached hydrogens (tertiary/aromatic N) is 1. The summed E-state index contributed by atoms with van der Waals surface area (Å²) in [4.78, 5) is 0. The molecule has 2 nitrogen and oxygen atoms in total. The highest BCUT2D eigenvalue weighted by Gasteiger charge is 1.97. The summed E-state index contributed by atoms with van der Waals surface area (Å²) >= 11 is 0. The van der Waals surface area contributed by atoms with E-state index in [1.54, 1.807) is 0 Å². The quantitative estimate of drug-likeness (QED) is 0.724. The summed E-state index contributed by atoms with van der Waals surface area (Å²) in [5.74, 6) is 0.889. The smallest absolute Gasteiger partial charge is 0.119 e. The molecule has 0 spiro atoms. The number of para-hydroxylation sites is 1. The Kier molecular flexibility index (Phi) is 5.01. The fraction of sp³-hybridized carbons (Fsp3) is 0.235. The van der Waals surface area contributed by atoms with E-state index in [1.807, 2.05) is 30.3 Å². The molecule has 2 heteroatoms. The molecule has 0 bridgehead atoms. The molecule has 0 amide bonds. The average Bonchev–Trinajstić information content (AvgIpc) is 2.48. The van der Waals surface area contributed by atoms with Gasteiger partial charge in [0.05, 0.1) is 6.07 Å². The molecule has 0 aliphatic heterocycles. The molecule has 19 heavy (non-hydrogen) atoms. The zero-order valence-electron chi connectivity index (χ0n) is 10.9. The summed E-state index contributed by atoms with van der Waals surface area (Å²) in [5.41, 5.74) is 2.44. The molecule has 2 aromatic rings. The maximum atomic E-state index is 8.50. The van der Waals surface area contributed by atoms with Gasteiger partial charge in [-0.2, -0.15) is 5.26 Å². The van der Waals surface area contributed by atoms with Gasteiger partial charge in [0.1, 0.15) is 12.4 Å². The molecule has 0 saturated heterocycles. The highest BCUT2D eigenvalue weighted by atomic mass is 16.5. The van der Waals surface area contributed by atoms with E-state index in [1.165, 1.54) is 5.56 Å². The molecule has 0 radical (unpaired) electrons. The van der Waals surface area contributed by atoms with Gasteiger partial charge in [0.2, 0.25) is 0 Å². The Hall–Kier alpha value is -2.27. The monoisotopic (exact) mass is 251 g/mol. The molecule has 96 valence electrons. The largest absolute Gasteiger partial charge is 0.489 e. The van der Waals surface area contributed by atoms with Gasteiger partial charge in [-0.15, -0.1) is 0 Å². The molecule has 0 atom stereocenters. The Balaban J connectivity index is 1.83. The summed E-state index contributed by atoms with van der Waals surface area (Å²) in [6, 6.07) is 20.4. The van der Waals surface area contributed by atoms with Crippen LogP contribution in [-0.4, -0.2) is 0 Å². The minimum absolute atomic E-state index is 0.586. The normalized spacial score (nSPS) is 9.84. The molecular formula is C17H17NO. The number of nitriles is 1. The van der Waals surface area contributed by atoms with Gasteiger partial charge < -0.3 is 4.74 Å². The summed E-state index contributed by atoms with van der Waals surface area (Å²) in [7, 11) is 0. The molecule has 0 aromatic heterocycles. The molecule has 2 rings (SSSR count). The van der Waals surface area contributed by atoms with Crippen molar-refractivity contribution in [3.05, 3.63) is 65.7 Å². The Bertz CT molecular complexity index is 525. The minimum atomic E-state index is 0.586. The number of aryl methyl sites for hydroxylation is 1. The van der Waals surface area contributed by atoms with Crippen molar-refractivity contribution < 1.29 is 4.74 Å². The standard InChI is InChI=1S/C17H17NO/c18-13-5-4-6-15-9-11-16(12-10-15)14-19-17-7-2-1-3-8-17/h1-3,7-12H,4-6,14H2. The van der Waals surface area contributed by atoms with Gasteiger partial charge >= 0.3 is 0 Å². The van der Waals surface area contributed by atoms with Gasteiger partial charge in [0.15, 0.2) is 0 Å². The Morgan fingerprint density at radius 2 is 1.58 bits per heavy atom. The zero-order valence-corrected chi connectivity index (χ0v) is 10.9. The Morgan fingerprint density at radius 1 is 0.895 bits per heavy atom. The highest BCUT2D eigenvalue weighted by Crippen LogP contribution is 2.13. The van der Waals surface area contributed by atoms with Crippen LogP contribution in [0.2, 0.25) is 0 Å². The van der Waals surface area contributed by atoms with Crippen molar-refractivity contribution in [1.29, 1.82) is 5.26 Å². The van der Waals surface area contributed by atoms with Crippen LogP contribution in [0.25, 0.3) is 0 Å². The van der Waals surface area contributed by atoms with E-state index in [0.717, 1.165) is 24.2 Å². The first-order chi connectivity index (χ1) is 9.38. The summed E-state index contributed by atoms with van der Waals surface area (Å²) in [6.45, 7) is 0.586. The van der Waals surface area contributed by atoms with E-state index >= 15 is 0 Å². The fourth-order valence-corrected chi connectivity index (χ4v) is 1.86. The first kappa shape index (κ1) is 13.2. The topological polar surface area (TPSA) is 33.0 Å². The Labute approximate surface area is 114 Å². The fourth-order valence-electron chi connectivity index (χ4n) is 1.86. The van der Waals surface area contributed by atoms with Gasteiger partial charge in [-0.3, -0.25) is 0 Å². The molecule has 0 aliphatic carbocycles. The van der Waals surface area contributed by atoms with Crippen LogP contribution >= 0.6 is 0 Å². The lowest BCUT2D eigenvalue weighted by molar-refractivity contribution is 0.306. The second-order valence-electron chi connectivity index (χ2n) is 4.43. The van der Waals surface area contributed by atoms with Crippen molar-refractivity contribution in [2.75, 3.05) is 0 Å². The van der Waals surface area contributed by atoms with E-state index < -0.39 is 0 Å². The third-order valence-electron chi connectivity index (χ3n) is 2.93. The number of rotatable bonds is 6. The molecule has 0 fully saturated rings. The lowest BCUT2D eigenvalue weighted by atomic mass is 10.1. The van der Waals surface area contributed by atoms with Crippen LogP contribution in [0.15, 0.2) is 54.6 Å². The van der Waals surface area contributed by atoms with E-state index in [4.69, 9.17) is 10.00 Å². The number of hydrogen-bond acceptors (Lipinski definition) is 2. The zero-order chi connectivity index (χ0) is 13.3. The maximum Gasteiger partial charge on any atom is 0.119 e. The predicted octanol–water partition coefficient (Wildman–Crippen LogP) is 4.11. The first-order valence-electron chi connectivity index (χ1n) is 6.51. The molecule has 2 aromatic carbocycles. The van der Waals surface area contributed by atoms with Crippen LogP contribution in [-0.2, 0) is 13.0 Å². The lowest BCUT2D eigenvalue weighted by Crippen LogP contribution is -1.95. The number of hydrogen-bond donors (Lipinski definition) is 0. The molecular weight excluding hydrogens is 234 g/mol. The van der Waals surface area contributed by atoms with E-state index in [-0.39, 0.29) is 0 Å². The summed E-state index contributed by atoms with van der Waals surface area (Å²) in [5, 5.41) is 8.50. The van der Waals surface area contributed by atoms with Gasteiger partial charge in [0.25, 0.3) is 0 Å². The lowest BCUT2D eigenvalue weighted by Gasteiger charge is -2.06. The van der Waals surface area contributed by atoms with E-state index in [9.17, 15) is 0 Å². The Morgan fingerprint density at radius 3 is 2.26 bits per heavy atom. The average molecular weight is 251 g/mol. The highest BCUT2D eigenvalue weighted by molar-refractivity contribution is 5.24. The number of ether oxygens (including phenoxy) is 1. The minimum Gasteiger partial charge on any atom is -0.489 e. The first-order valence-corrected chi connectivity index (χ1v) is 6.51. The van der Waals surface area contributed by atoms with Gasteiger partial charge in [0, 0.05) is 6.42 Å². The number of benzene rings is 2. The molecule has 0 saturated carbocycles. The second-order valence-corrected chi connectivity index (χ2v) is 4.43. The van der Waals surface area contributed by atoms with Crippen molar-refractivity contribution in [1.82, 2.24) is 0 Å². The summed E-state index contributed by atoms with van der Waals surface area (Å²) in [6.07, 6.45) is 2.52. The van der Waals surface area contributed by atoms with Crippen LogP contribution < -0.4 is 4.74 Å². The van der Waals surface area contributed by atoms with Crippen LogP contribution in [0.4, 0.5) is 0 Å². The van der Waals surface area contributed by atoms with Crippen molar-refractivity contribution >= 4 is 0 Å². The van der Waals surface area contributed by atoms with Crippen LogP contribution in [0, 0.1) is 11.3 Å². The molecule has 0 heterocycles. The molecule has 0 aliphatic rings. The third-order valence-corrected chi connectivity index (χ3v) is 2.93. The number of unbranched alkanes of at least 4 members (excludes halogenated alkanes) is 1. The van der Waals surface area contributed by atoms with Gasteiger partial charge in [-0.25, -0.2) is 0 Å². The second kappa shape index (κ2) is 7.23. The van der Waals surface area contributed by atoms with Crippen molar-refractivity contribution in [2.24, 2.45) is 0 Å². The molecule has 0 N–H and O–H groups in total.